The number of hydrogen-bond donors (Lipinski definition) is 0. The zero-order chi connectivity index (χ0) is 14.9. The van der Waals surface area contributed by atoms with Crippen molar-refractivity contribution < 1.29 is 0 Å². The minimum atomic E-state index is 0.683. The van der Waals surface area contributed by atoms with E-state index >= 15 is 0 Å². The Bertz CT molecular complexity index is 576. The van der Waals surface area contributed by atoms with Crippen LogP contribution >= 0.6 is 0 Å². The summed E-state index contributed by atoms with van der Waals surface area (Å²) < 4.78 is 0. The summed E-state index contributed by atoms with van der Waals surface area (Å²) >= 11 is 0. The lowest BCUT2D eigenvalue weighted by molar-refractivity contribution is 0.632. The standard InChI is InChI=1S/C19H22N2/c1-2-3-4-5-6-7-17-10-13-19(21-15-17)18-11-8-16(14-20)9-12-18/h8-13,15H,2-7H2,1H3. The second-order valence-electron chi connectivity index (χ2n) is 5.41. The molecule has 0 bridgehead atoms. The van der Waals surface area contributed by atoms with Gasteiger partial charge in [-0.25, -0.2) is 0 Å². The highest BCUT2D eigenvalue weighted by atomic mass is 14.7. The molecule has 1 aromatic carbocycles. The average molecular weight is 278 g/mol. The smallest absolute Gasteiger partial charge is 0.0991 e. The molecule has 1 aromatic heterocycles. The Morgan fingerprint density at radius 2 is 1.71 bits per heavy atom. The van der Waals surface area contributed by atoms with E-state index in [2.05, 4.69) is 30.1 Å². The molecule has 2 rings (SSSR count). The highest BCUT2D eigenvalue weighted by Gasteiger charge is 2.00. The summed E-state index contributed by atoms with van der Waals surface area (Å²) in [5.41, 5.74) is 4.02. The summed E-state index contributed by atoms with van der Waals surface area (Å²) in [5.74, 6) is 0. The zero-order valence-electron chi connectivity index (χ0n) is 12.7. The van der Waals surface area contributed by atoms with E-state index in [1.54, 1.807) is 0 Å². The van der Waals surface area contributed by atoms with Crippen LogP contribution in [0.15, 0.2) is 42.6 Å². The van der Waals surface area contributed by atoms with Crippen molar-refractivity contribution in [2.24, 2.45) is 0 Å². The van der Waals surface area contributed by atoms with E-state index in [0.717, 1.165) is 17.7 Å². The van der Waals surface area contributed by atoms with Gasteiger partial charge in [-0.2, -0.15) is 5.26 Å². The number of benzene rings is 1. The zero-order valence-corrected chi connectivity index (χ0v) is 12.7. The van der Waals surface area contributed by atoms with Crippen molar-refractivity contribution in [1.29, 1.82) is 5.26 Å². The first-order chi connectivity index (χ1) is 10.3. The molecule has 0 saturated heterocycles. The van der Waals surface area contributed by atoms with Crippen LogP contribution in [-0.4, -0.2) is 4.98 Å². The molecule has 0 fully saturated rings. The van der Waals surface area contributed by atoms with Crippen molar-refractivity contribution in [3.05, 3.63) is 53.7 Å². The maximum absolute atomic E-state index is 8.81. The van der Waals surface area contributed by atoms with Gasteiger partial charge in [-0.15, -0.1) is 0 Å². The van der Waals surface area contributed by atoms with Gasteiger partial charge in [0.2, 0.25) is 0 Å². The molecule has 0 N–H and O–H groups in total. The number of aromatic nitrogens is 1. The van der Waals surface area contributed by atoms with Crippen LogP contribution in [0, 0.1) is 11.3 Å². The van der Waals surface area contributed by atoms with Gasteiger partial charge in [-0.3, -0.25) is 4.98 Å². The van der Waals surface area contributed by atoms with E-state index in [4.69, 9.17) is 5.26 Å². The fourth-order valence-electron chi connectivity index (χ4n) is 2.39. The van der Waals surface area contributed by atoms with Crippen LogP contribution in [0.25, 0.3) is 11.3 Å². The number of hydrogen-bond acceptors (Lipinski definition) is 2. The molecular formula is C19H22N2. The molecule has 0 aliphatic heterocycles. The molecule has 2 nitrogen and oxygen atoms in total. The number of unbranched alkanes of at least 4 members (excludes halogenated alkanes) is 4. The fourth-order valence-corrected chi connectivity index (χ4v) is 2.39. The Hall–Kier alpha value is -2.14. The summed E-state index contributed by atoms with van der Waals surface area (Å²) in [6, 6.07) is 13.9. The van der Waals surface area contributed by atoms with E-state index in [-0.39, 0.29) is 0 Å². The lowest BCUT2D eigenvalue weighted by atomic mass is 10.1. The Morgan fingerprint density at radius 3 is 2.33 bits per heavy atom. The Labute approximate surface area is 127 Å². The van der Waals surface area contributed by atoms with Crippen LogP contribution in [0.1, 0.15) is 50.2 Å². The van der Waals surface area contributed by atoms with Crippen molar-refractivity contribution in [2.75, 3.05) is 0 Å². The van der Waals surface area contributed by atoms with E-state index < -0.39 is 0 Å². The monoisotopic (exact) mass is 278 g/mol. The average Bonchev–Trinajstić information content (AvgIpc) is 2.55. The van der Waals surface area contributed by atoms with Gasteiger partial charge in [0.25, 0.3) is 0 Å². The quantitative estimate of drug-likeness (QED) is 0.658. The minimum Gasteiger partial charge on any atom is -0.256 e. The number of nitrogens with zero attached hydrogens (tertiary/aromatic N) is 2. The molecule has 0 atom stereocenters. The summed E-state index contributed by atoms with van der Waals surface area (Å²) in [5, 5.41) is 8.81. The summed E-state index contributed by atoms with van der Waals surface area (Å²) in [4.78, 5) is 4.54. The van der Waals surface area contributed by atoms with Crippen LogP contribution in [0.3, 0.4) is 0 Å². The van der Waals surface area contributed by atoms with Gasteiger partial charge in [0.15, 0.2) is 0 Å². The molecule has 2 heteroatoms. The van der Waals surface area contributed by atoms with Gasteiger partial charge < -0.3 is 0 Å². The number of rotatable bonds is 7. The Morgan fingerprint density at radius 1 is 0.952 bits per heavy atom. The third kappa shape index (κ3) is 4.72. The first kappa shape index (κ1) is 15.3. The first-order valence-electron chi connectivity index (χ1n) is 7.79. The largest absolute Gasteiger partial charge is 0.256 e. The Balaban J connectivity index is 1.90. The predicted octanol–water partition coefficient (Wildman–Crippen LogP) is 5.13. The highest BCUT2D eigenvalue weighted by Crippen LogP contribution is 2.18. The molecule has 0 aliphatic rings. The van der Waals surface area contributed by atoms with Gasteiger partial charge in [0.1, 0.15) is 0 Å². The van der Waals surface area contributed by atoms with Gasteiger partial charge in [-0.1, -0.05) is 50.8 Å². The molecule has 108 valence electrons. The van der Waals surface area contributed by atoms with Crippen LogP contribution in [-0.2, 0) is 6.42 Å². The van der Waals surface area contributed by atoms with Crippen LogP contribution in [0.2, 0.25) is 0 Å². The molecule has 0 amide bonds. The van der Waals surface area contributed by atoms with Crippen LogP contribution in [0.4, 0.5) is 0 Å². The lowest BCUT2D eigenvalue weighted by Gasteiger charge is -2.04. The molecule has 0 radical (unpaired) electrons. The summed E-state index contributed by atoms with van der Waals surface area (Å²) in [6.45, 7) is 2.24. The first-order valence-corrected chi connectivity index (χ1v) is 7.79. The van der Waals surface area contributed by atoms with E-state index in [1.165, 1.54) is 37.7 Å². The third-order valence-corrected chi connectivity index (χ3v) is 3.70. The summed E-state index contributed by atoms with van der Waals surface area (Å²) in [7, 11) is 0. The second kappa shape index (κ2) is 8.21. The third-order valence-electron chi connectivity index (χ3n) is 3.70. The topological polar surface area (TPSA) is 36.7 Å². The van der Waals surface area contributed by atoms with Crippen LogP contribution < -0.4 is 0 Å². The summed E-state index contributed by atoms with van der Waals surface area (Å²) in [6.07, 6.45) is 9.63. The number of pyridine rings is 1. The fraction of sp³-hybridized carbons (Fsp3) is 0.368. The van der Waals surface area contributed by atoms with Crippen molar-refractivity contribution >= 4 is 0 Å². The SMILES string of the molecule is CCCCCCCc1ccc(-c2ccc(C#N)cc2)nc1. The van der Waals surface area contributed by atoms with Gasteiger partial charge in [0.05, 0.1) is 17.3 Å². The minimum absolute atomic E-state index is 0.683. The van der Waals surface area contributed by atoms with Gasteiger partial charge in [-0.05, 0) is 36.6 Å². The number of nitriles is 1. The predicted molar refractivity (Wildman–Crippen MR) is 86.9 cm³/mol. The molecule has 0 unspecified atom stereocenters. The van der Waals surface area contributed by atoms with Crippen molar-refractivity contribution in [2.45, 2.75) is 45.4 Å². The van der Waals surface area contributed by atoms with Gasteiger partial charge in [0, 0.05) is 11.8 Å². The van der Waals surface area contributed by atoms with E-state index in [0.29, 0.717) is 5.56 Å². The molecule has 1 heterocycles. The van der Waals surface area contributed by atoms with E-state index in [1.807, 2.05) is 30.5 Å². The molecule has 0 saturated carbocycles. The van der Waals surface area contributed by atoms with Crippen molar-refractivity contribution in [1.82, 2.24) is 4.98 Å². The maximum Gasteiger partial charge on any atom is 0.0991 e. The molecule has 2 aromatic rings. The molecular weight excluding hydrogens is 256 g/mol. The highest BCUT2D eigenvalue weighted by molar-refractivity contribution is 5.60. The lowest BCUT2D eigenvalue weighted by Crippen LogP contribution is -1.90. The molecule has 0 spiro atoms. The molecule has 0 aliphatic carbocycles. The second-order valence-corrected chi connectivity index (χ2v) is 5.41. The van der Waals surface area contributed by atoms with Crippen LogP contribution in [0.5, 0.6) is 0 Å². The maximum atomic E-state index is 8.81. The number of aryl methyl sites for hydroxylation is 1. The van der Waals surface area contributed by atoms with E-state index in [9.17, 15) is 0 Å². The molecule has 21 heavy (non-hydrogen) atoms. The van der Waals surface area contributed by atoms with Crippen molar-refractivity contribution in [3.63, 3.8) is 0 Å². The normalized spacial score (nSPS) is 10.3. The van der Waals surface area contributed by atoms with Gasteiger partial charge >= 0.3 is 0 Å². The van der Waals surface area contributed by atoms with Crippen molar-refractivity contribution in [3.8, 4) is 17.3 Å². The Kier molecular flexibility index (Phi) is 5.97.